The summed E-state index contributed by atoms with van der Waals surface area (Å²) >= 11 is 0. The molecule has 4 heterocycles. The number of fused-ring (bicyclic) bond motifs is 3. The first-order chi connectivity index (χ1) is 16.5. The minimum absolute atomic E-state index is 0.0912. The molecule has 0 aliphatic carbocycles. The molecule has 1 fully saturated rings. The van der Waals surface area contributed by atoms with Crippen LogP contribution in [-0.4, -0.2) is 50.8 Å². The van der Waals surface area contributed by atoms with E-state index in [4.69, 9.17) is 4.74 Å². The van der Waals surface area contributed by atoms with Crippen LogP contribution in [0.4, 0.5) is 0 Å². The first kappa shape index (κ1) is 23.6. The van der Waals surface area contributed by atoms with Crippen molar-refractivity contribution in [1.29, 1.82) is 0 Å². The molecule has 1 saturated heterocycles. The van der Waals surface area contributed by atoms with Crippen LogP contribution < -0.4 is 5.56 Å². The zero-order valence-corrected chi connectivity index (χ0v) is 20.2. The maximum atomic E-state index is 13.3. The molecule has 1 N–H and O–H groups in total. The van der Waals surface area contributed by atoms with Gasteiger partial charge in [-0.25, -0.2) is 0 Å². The lowest BCUT2D eigenvalue weighted by molar-refractivity contribution is 0.0675. The SMILES string of the molecule is CC.Cc1cc2[nH]c(=O)c3cnn(C4CCOCC4)c3c2cc1C(=O)N(C)Cc1ccccn1. The number of carbonyl (C=O) groups excluding carboxylic acids is 1. The monoisotopic (exact) mass is 461 g/mol. The Morgan fingerprint density at radius 1 is 1.21 bits per heavy atom. The van der Waals surface area contributed by atoms with Crippen LogP contribution >= 0.6 is 0 Å². The molecule has 1 aliphatic heterocycles. The molecule has 4 aromatic rings. The van der Waals surface area contributed by atoms with E-state index < -0.39 is 0 Å². The molecule has 178 valence electrons. The molecule has 0 spiro atoms. The van der Waals surface area contributed by atoms with Gasteiger partial charge in [0.1, 0.15) is 0 Å². The zero-order chi connectivity index (χ0) is 24.2. The Labute approximate surface area is 198 Å². The fourth-order valence-corrected chi connectivity index (χ4v) is 4.44. The summed E-state index contributed by atoms with van der Waals surface area (Å²) in [6, 6.07) is 9.59. The normalized spacial score (nSPS) is 14.1. The highest BCUT2D eigenvalue weighted by atomic mass is 16.5. The summed E-state index contributed by atoms with van der Waals surface area (Å²) in [6.45, 7) is 7.65. The van der Waals surface area contributed by atoms with Gasteiger partial charge in [0.05, 0.1) is 40.9 Å². The van der Waals surface area contributed by atoms with E-state index in [-0.39, 0.29) is 17.5 Å². The van der Waals surface area contributed by atoms with Gasteiger partial charge in [0.15, 0.2) is 0 Å². The summed E-state index contributed by atoms with van der Waals surface area (Å²) in [5.74, 6) is -0.0912. The summed E-state index contributed by atoms with van der Waals surface area (Å²) in [5, 5.41) is 5.91. The number of benzene rings is 1. The number of amides is 1. The number of nitrogens with zero attached hydrogens (tertiary/aromatic N) is 4. The predicted molar refractivity (Wildman–Crippen MR) is 133 cm³/mol. The largest absolute Gasteiger partial charge is 0.381 e. The van der Waals surface area contributed by atoms with Crippen LogP contribution in [0.15, 0.2) is 47.5 Å². The lowest BCUT2D eigenvalue weighted by atomic mass is 10.0. The number of pyridine rings is 2. The number of aromatic amines is 1. The lowest BCUT2D eigenvalue weighted by Crippen LogP contribution is -2.27. The molecule has 8 heteroatoms. The van der Waals surface area contributed by atoms with Crippen molar-refractivity contribution in [3.63, 3.8) is 0 Å². The second-order valence-corrected chi connectivity index (χ2v) is 8.34. The third-order valence-corrected chi connectivity index (χ3v) is 6.15. The predicted octanol–water partition coefficient (Wildman–Crippen LogP) is 4.23. The molecule has 0 atom stereocenters. The lowest BCUT2D eigenvalue weighted by Gasteiger charge is -2.23. The highest BCUT2D eigenvalue weighted by molar-refractivity contribution is 6.07. The Hall–Kier alpha value is -3.52. The number of ether oxygens (including phenoxy) is 1. The Kier molecular flexibility index (Phi) is 7.07. The summed E-state index contributed by atoms with van der Waals surface area (Å²) in [5.41, 5.74) is 3.55. The number of hydrogen-bond donors (Lipinski definition) is 1. The summed E-state index contributed by atoms with van der Waals surface area (Å²) in [6.07, 6.45) is 5.03. The molecule has 0 saturated carbocycles. The number of carbonyl (C=O) groups is 1. The minimum atomic E-state index is -0.170. The number of rotatable bonds is 4. The van der Waals surface area contributed by atoms with E-state index in [0.717, 1.165) is 35.0 Å². The Morgan fingerprint density at radius 3 is 2.68 bits per heavy atom. The summed E-state index contributed by atoms with van der Waals surface area (Å²) in [7, 11) is 1.77. The van der Waals surface area contributed by atoms with Gasteiger partial charge in [-0.05, 0) is 49.6 Å². The molecule has 0 bridgehead atoms. The molecule has 1 aromatic carbocycles. The van der Waals surface area contributed by atoms with Crippen molar-refractivity contribution in [1.82, 2.24) is 24.6 Å². The number of nitrogens with one attached hydrogen (secondary N) is 1. The maximum absolute atomic E-state index is 13.3. The zero-order valence-electron chi connectivity index (χ0n) is 20.2. The average Bonchev–Trinajstić information content (AvgIpc) is 3.32. The van der Waals surface area contributed by atoms with Gasteiger partial charge >= 0.3 is 0 Å². The summed E-state index contributed by atoms with van der Waals surface area (Å²) in [4.78, 5) is 35.0. The fraction of sp³-hybridized carbons (Fsp3) is 0.385. The van der Waals surface area contributed by atoms with Crippen LogP contribution in [-0.2, 0) is 11.3 Å². The molecule has 0 unspecified atom stereocenters. The van der Waals surface area contributed by atoms with Crippen LogP contribution in [0.5, 0.6) is 0 Å². The molecule has 5 rings (SSSR count). The van der Waals surface area contributed by atoms with Crippen molar-refractivity contribution in [3.8, 4) is 0 Å². The number of aromatic nitrogens is 4. The third kappa shape index (κ3) is 4.46. The van der Waals surface area contributed by atoms with Crippen LogP contribution in [0.1, 0.15) is 54.3 Å². The maximum Gasteiger partial charge on any atom is 0.259 e. The molecule has 3 aromatic heterocycles. The van der Waals surface area contributed by atoms with Gasteiger partial charge in [0, 0.05) is 37.4 Å². The molecule has 1 aliphatic rings. The first-order valence-electron chi connectivity index (χ1n) is 11.8. The van der Waals surface area contributed by atoms with Crippen molar-refractivity contribution < 1.29 is 9.53 Å². The van der Waals surface area contributed by atoms with Gasteiger partial charge in [-0.1, -0.05) is 19.9 Å². The molecular formula is C26H31N5O3. The Balaban J connectivity index is 0.00000133. The van der Waals surface area contributed by atoms with Crippen LogP contribution in [0.2, 0.25) is 0 Å². The van der Waals surface area contributed by atoms with E-state index in [1.165, 1.54) is 0 Å². The van der Waals surface area contributed by atoms with Crippen molar-refractivity contribution in [2.75, 3.05) is 20.3 Å². The van der Waals surface area contributed by atoms with Crippen molar-refractivity contribution >= 4 is 27.7 Å². The average molecular weight is 462 g/mol. The molecule has 8 nitrogen and oxygen atoms in total. The van der Waals surface area contributed by atoms with E-state index >= 15 is 0 Å². The highest BCUT2D eigenvalue weighted by Gasteiger charge is 2.23. The van der Waals surface area contributed by atoms with E-state index in [0.29, 0.717) is 36.2 Å². The van der Waals surface area contributed by atoms with Gasteiger partial charge in [-0.3, -0.25) is 19.3 Å². The Morgan fingerprint density at radius 2 is 1.97 bits per heavy atom. The number of H-pyrrole nitrogens is 1. The molecule has 1 amide bonds. The highest BCUT2D eigenvalue weighted by Crippen LogP contribution is 2.30. The Bertz CT molecular complexity index is 1350. The number of aryl methyl sites for hydroxylation is 1. The third-order valence-electron chi connectivity index (χ3n) is 6.15. The number of hydrogen-bond acceptors (Lipinski definition) is 5. The van der Waals surface area contributed by atoms with E-state index in [2.05, 4.69) is 15.1 Å². The smallest absolute Gasteiger partial charge is 0.259 e. The standard InChI is InChI=1S/C24H25N5O3.C2H6/c1-15-11-21-19(12-18(15)24(31)28(2)14-16-5-3-4-8-25-16)22-20(23(30)27-21)13-26-29(22)17-6-9-32-10-7-17;1-2/h3-5,8,11-13,17H,6-7,9-10,14H2,1-2H3,(H,27,30);1-2H3. The van der Waals surface area contributed by atoms with Gasteiger partial charge in [-0.15, -0.1) is 0 Å². The molecular weight excluding hydrogens is 430 g/mol. The van der Waals surface area contributed by atoms with Crippen LogP contribution in [0.3, 0.4) is 0 Å². The quantitative estimate of drug-likeness (QED) is 0.491. The van der Waals surface area contributed by atoms with Gasteiger partial charge in [0.25, 0.3) is 11.5 Å². The second-order valence-electron chi connectivity index (χ2n) is 8.34. The van der Waals surface area contributed by atoms with E-state index in [1.807, 2.05) is 55.8 Å². The summed E-state index contributed by atoms with van der Waals surface area (Å²) < 4.78 is 7.44. The van der Waals surface area contributed by atoms with Crippen molar-refractivity contribution in [2.24, 2.45) is 0 Å². The minimum Gasteiger partial charge on any atom is -0.381 e. The van der Waals surface area contributed by atoms with Crippen molar-refractivity contribution in [3.05, 3.63) is 69.9 Å². The van der Waals surface area contributed by atoms with Gasteiger partial charge in [0.2, 0.25) is 0 Å². The second kappa shape index (κ2) is 10.2. The van der Waals surface area contributed by atoms with E-state index in [1.54, 1.807) is 24.3 Å². The van der Waals surface area contributed by atoms with Crippen LogP contribution in [0.25, 0.3) is 21.8 Å². The van der Waals surface area contributed by atoms with E-state index in [9.17, 15) is 9.59 Å². The van der Waals surface area contributed by atoms with Crippen LogP contribution in [0, 0.1) is 6.92 Å². The van der Waals surface area contributed by atoms with Gasteiger partial charge < -0.3 is 14.6 Å². The fourth-order valence-electron chi connectivity index (χ4n) is 4.44. The topological polar surface area (TPSA) is 93.1 Å². The first-order valence-corrected chi connectivity index (χ1v) is 11.8. The molecule has 34 heavy (non-hydrogen) atoms. The van der Waals surface area contributed by atoms with Gasteiger partial charge in [-0.2, -0.15) is 5.10 Å². The van der Waals surface area contributed by atoms with Crippen molar-refractivity contribution in [2.45, 2.75) is 46.2 Å². The molecule has 0 radical (unpaired) electrons.